The highest BCUT2D eigenvalue weighted by Crippen LogP contribution is 2.67. The van der Waals surface area contributed by atoms with E-state index in [0.29, 0.717) is 23.7 Å². The van der Waals surface area contributed by atoms with Gasteiger partial charge < -0.3 is 35.0 Å². The van der Waals surface area contributed by atoms with Crippen LogP contribution in [-0.4, -0.2) is 80.7 Å². The predicted molar refractivity (Wildman–Crippen MR) is 127 cm³/mol. The summed E-state index contributed by atoms with van der Waals surface area (Å²) < 4.78 is 10.7. The van der Waals surface area contributed by atoms with Crippen molar-refractivity contribution >= 4 is 11.8 Å². The standard InChI is InChI=1S/C27H42O9/c1-26-9-7-14(28)11-13(26)3-4-15-16-5-6-18(27(16,2)10-8-17(15)26)19(29)12-35-25-22(32)20(30)21(31)23(36-25)24(33)34/h13-18,20-23,25,28,30-32H,3-12H2,1-2H3,(H,33,34)/t13-,14-,15+,16+,17+,18-,20+,21+,22-,23+,25-,26+,27+/m1/s1. The lowest BCUT2D eigenvalue weighted by Gasteiger charge is -2.60. The zero-order valence-corrected chi connectivity index (χ0v) is 21.3. The first-order chi connectivity index (χ1) is 17.0. The Morgan fingerprint density at radius 3 is 2.28 bits per heavy atom. The monoisotopic (exact) mass is 510 g/mol. The van der Waals surface area contributed by atoms with Crippen molar-refractivity contribution in [2.75, 3.05) is 6.61 Å². The Morgan fingerprint density at radius 1 is 0.861 bits per heavy atom. The van der Waals surface area contributed by atoms with E-state index < -0.39 is 36.7 Å². The third-order valence-corrected chi connectivity index (χ3v) is 11.2. The fourth-order valence-corrected chi connectivity index (χ4v) is 9.22. The highest BCUT2D eigenvalue weighted by atomic mass is 16.7. The van der Waals surface area contributed by atoms with Gasteiger partial charge in [-0.15, -0.1) is 0 Å². The van der Waals surface area contributed by atoms with Crippen LogP contribution < -0.4 is 0 Å². The first kappa shape index (κ1) is 26.5. The lowest BCUT2D eigenvalue weighted by atomic mass is 9.44. The van der Waals surface area contributed by atoms with Crippen molar-refractivity contribution in [1.29, 1.82) is 0 Å². The molecule has 204 valence electrons. The Bertz CT molecular complexity index is 864. The Kier molecular flexibility index (Phi) is 7.05. The summed E-state index contributed by atoms with van der Waals surface area (Å²) in [6.07, 6.45) is 0.468. The van der Waals surface area contributed by atoms with Crippen LogP contribution in [0.1, 0.15) is 71.6 Å². The number of hydrogen-bond donors (Lipinski definition) is 5. The smallest absolute Gasteiger partial charge is 0.335 e. The first-order valence-electron chi connectivity index (χ1n) is 13.7. The van der Waals surface area contributed by atoms with Crippen molar-refractivity contribution in [2.24, 2.45) is 40.4 Å². The maximum atomic E-state index is 13.4. The fraction of sp³-hybridized carbons (Fsp3) is 0.926. The van der Waals surface area contributed by atoms with Gasteiger partial charge in [-0.1, -0.05) is 13.8 Å². The summed E-state index contributed by atoms with van der Waals surface area (Å²) >= 11 is 0. The van der Waals surface area contributed by atoms with Crippen molar-refractivity contribution in [2.45, 2.75) is 108 Å². The number of fused-ring (bicyclic) bond motifs is 5. The van der Waals surface area contributed by atoms with E-state index in [0.717, 1.165) is 57.8 Å². The topological polar surface area (TPSA) is 154 Å². The fourth-order valence-electron chi connectivity index (χ4n) is 9.22. The van der Waals surface area contributed by atoms with Gasteiger partial charge in [0.2, 0.25) is 0 Å². The number of hydrogen-bond acceptors (Lipinski definition) is 8. The number of carboxylic acids is 1. The van der Waals surface area contributed by atoms with Crippen LogP contribution in [-0.2, 0) is 19.1 Å². The van der Waals surface area contributed by atoms with Crippen molar-refractivity contribution < 1.29 is 44.6 Å². The summed E-state index contributed by atoms with van der Waals surface area (Å²) in [7, 11) is 0. The number of carbonyl (C=O) groups is 2. The van der Waals surface area contributed by atoms with Crippen molar-refractivity contribution in [3.8, 4) is 0 Å². The SMILES string of the molecule is C[C@]12CC[C@@H](O)C[C@H]1CC[C@@H]1[C@@H]2CC[C@]2(C)[C@@H](C(=O)CO[C@@H]3O[C@H](C(=O)O)[C@@H](O)[C@H](O)[C@H]3O)CC[C@@H]12. The summed E-state index contributed by atoms with van der Waals surface area (Å²) in [5, 5.41) is 49.6. The highest BCUT2D eigenvalue weighted by molar-refractivity contribution is 5.83. The molecular weight excluding hydrogens is 468 g/mol. The number of carbonyl (C=O) groups excluding carboxylic acids is 1. The van der Waals surface area contributed by atoms with Gasteiger partial charge >= 0.3 is 5.97 Å². The molecule has 0 spiro atoms. The van der Waals surface area contributed by atoms with Gasteiger partial charge in [0, 0.05) is 5.92 Å². The lowest BCUT2D eigenvalue weighted by molar-refractivity contribution is -0.292. The van der Waals surface area contributed by atoms with Crippen LogP contribution in [0.2, 0.25) is 0 Å². The van der Waals surface area contributed by atoms with Crippen LogP contribution in [0.4, 0.5) is 0 Å². The van der Waals surface area contributed by atoms with Gasteiger partial charge in [0.1, 0.15) is 24.9 Å². The maximum Gasteiger partial charge on any atom is 0.335 e. The summed E-state index contributed by atoms with van der Waals surface area (Å²) in [6, 6.07) is 0. The number of aliphatic hydroxyl groups is 4. The molecular formula is C27H42O9. The van der Waals surface area contributed by atoms with Gasteiger partial charge in [0.25, 0.3) is 0 Å². The van der Waals surface area contributed by atoms with E-state index in [4.69, 9.17) is 9.47 Å². The van der Waals surface area contributed by atoms with Crippen LogP contribution in [0.5, 0.6) is 0 Å². The second-order valence-electron chi connectivity index (χ2n) is 12.8. The Balaban J connectivity index is 1.24. The molecule has 0 aromatic carbocycles. The predicted octanol–water partition coefficient (Wildman–Crippen LogP) is 1.48. The molecule has 9 nitrogen and oxygen atoms in total. The molecule has 5 fully saturated rings. The van der Waals surface area contributed by atoms with E-state index in [2.05, 4.69) is 13.8 Å². The minimum Gasteiger partial charge on any atom is -0.479 e. The molecule has 1 aliphatic heterocycles. The number of ketones is 1. The minimum absolute atomic E-state index is 0.0811. The van der Waals surface area contributed by atoms with Gasteiger partial charge in [0.15, 0.2) is 18.2 Å². The number of aliphatic carboxylic acids is 1. The largest absolute Gasteiger partial charge is 0.479 e. The van der Waals surface area contributed by atoms with E-state index >= 15 is 0 Å². The second-order valence-corrected chi connectivity index (χ2v) is 12.8. The first-order valence-corrected chi connectivity index (χ1v) is 13.7. The lowest BCUT2D eigenvalue weighted by Crippen LogP contribution is -2.60. The summed E-state index contributed by atoms with van der Waals surface area (Å²) in [4.78, 5) is 24.7. The van der Waals surface area contributed by atoms with Crippen molar-refractivity contribution in [3.05, 3.63) is 0 Å². The molecule has 4 saturated carbocycles. The highest BCUT2D eigenvalue weighted by Gasteiger charge is 2.61. The number of rotatable bonds is 5. The molecule has 5 aliphatic rings. The Morgan fingerprint density at radius 2 is 1.56 bits per heavy atom. The molecule has 0 unspecified atom stereocenters. The molecule has 13 atom stereocenters. The molecule has 0 aromatic rings. The zero-order chi connectivity index (χ0) is 26.0. The molecule has 0 aromatic heterocycles. The molecule has 4 aliphatic carbocycles. The summed E-state index contributed by atoms with van der Waals surface area (Å²) in [5.41, 5.74) is 0.152. The number of ether oxygens (including phenoxy) is 2. The second kappa shape index (κ2) is 9.58. The molecule has 5 rings (SSSR count). The molecule has 36 heavy (non-hydrogen) atoms. The van der Waals surface area contributed by atoms with Crippen molar-refractivity contribution in [3.63, 3.8) is 0 Å². The van der Waals surface area contributed by atoms with Gasteiger partial charge in [-0.3, -0.25) is 4.79 Å². The molecule has 0 bridgehead atoms. The van der Waals surface area contributed by atoms with Gasteiger partial charge in [-0.05, 0) is 92.3 Å². The molecule has 5 N–H and O–H groups in total. The number of Topliss-reactive ketones (excluding diaryl/α,β-unsaturated/α-hetero) is 1. The van der Waals surface area contributed by atoms with Crippen LogP contribution in [0.3, 0.4) is 0 Å². The summed E-state index contributed by atoms with van der Waals surface area (Å²) in [6.45, 7) is 4.35. The minimum atomic E-state index is -1.79. The van der Waals surface area contributed by atoms with Crippen LogP contribution in [0.15, 0.2) is 0 Å². The molecule has 9 heteroatoms. The molecule has 0 amide bonds. The van der Waals surface area contributed by atoms with Gasteiger partial charge in [-0.25, -0.2) is 4.79 Å². The van der Waals surface area contributed by atoms with Crippen LogP contribution >= 0.6 is 0 Å². The normalized spacial score (nSPS) is 52.7. The van der Waals surface area contributed by atoms with E-state index in [1.165, 1.54) is 0 Å². The number of carboxylic acid groups (broad SMARTS) is 1. The van der Waals surface area contributed by atoms with Gasteiger partial charge in [-0.2, -0.15) is 0 Å². The summed E-state index contributed by atoms with van der Waals surface area (Å²) in [5.74, 6) is 0.557. The Labute approximate surface area is 212 Å². The van der Waals surface area contributed by atoms with Crippen LogP contribution in [0.25, 0.3) is 0 Å². The maximum absolute atomic E-state index is 13.4. The Hall–Kier alpha value is -1.10. The third kappa shape index (κ3) is 4.14. The van der Waals surface area contributed by atoms with E-state index in [1.54, 1.807) is 0 Å². The average Bonchev–Trinajstić information content (AvgIpc) is 3.19. The quantitative estimate of drug-likeness (QED) is 0.370. The van der Waals surface area contributed by atoms with E-state index in [1.807, 2.05) is 0 Å². The van der Waals surface area contributed by atoms with E-state index in [-0.39, 0.29) is 35.2 Å². The molecule has 1 saturated heterocycles. The number of aliphatic hydroxyl groups excluding tert-OH is 4. The van der Waals surface area contributed by atoms with Crippen LogP contribution in [0, 0.1) is 40.4 Å². The van der Waals surface area contributed by atoms with E-state index in [9.17, 15) is 35.1 Å². The zero-order valence-electron chi connectivity index (χ0n) is 21.3. The van der Waals surface area contributed by atoms with Gasteiger partial charge in [0.05, 0.1) is 6.10 Å². The molecule has 1 heterocycles. The third-order valence-electron chi connectivity index (χ3n) is 11.2. The molecule has 0 radical (unpaired) electrons. The average molecular weight is 511 g/mol. The van der Waals surface area contributed by atoms with Crippen molar-refractivity contribution in [1.82, 2.24) is 0 Å².